The molecular formula is C23H28N4O3S. The van der Waals surface area contributed by atoms with Gasteiger partial charge in [0, 0.05) is 32.3 Å². The van der Waals surface area contributed by atoms with Crippen molar-refractivity contribution in [3.05, 3.63) is 63.4 Å². The number of para-hydroxylation sites is 1. The molecule has 4 rings (SSSR count). The number of ether oxygens (including phenoxy) is 1. The number of carbonyl (C=O) groups excluding carboxylic acids is 1. The lowest BCUT2D eigenvalue weighted by Crippen LogP contribution is -2.34. The Kier molecular flexibility index (Phi) is 6.11. The van der Waals surface area contributed by atoms with Crippen molar-refractivity contribution >= 4 is 17.2 Å². The van der Waals surface area contributed by atoms with Gasteiger partial charge in [-0.2, -0.15) is 5.10 Å². The second-order valence-electron chi connectivity index (χ2n) is 8.07. The van der Waals surface area contributed by atoms with Gasteiger partial charge in [-0.1, -0.05) is 18.2 Å². The Morgan fingerprint density at radius 1 is 1.23 bits per heavy atom. The van der Waals surface area contributed by atoms with E-state index in [9.17, 15) is 9.90 Å². The van der Waals surface area contributed by atoms with E-state index in [1.165, 1.54) is 11.3 Å². The molecule has 0 saturated carbocycles. The first kappa shape index (κ1) is 21.5. The number of hydrogen-bond acceptors (Lipinski definition) is 6. The summed E-state index contributed by atoms with van der Waals surface area (Å²) >= 11 is 1.50. The normalized spacial score (nSPS) is 19.3. The maximum Gasteiger partial charge on any atom is 0.257 e. The number of aliphatic hydroxyl groups is 1. The molecule has 8 heteroatoms. The molecule has 0 bridgehead atoms. The van der Waals surface area contributed by atoms with E-state index >= 15 is 0 Å². The van der Waals surface area contributed by atoms with Crippen LogP contribution >= 0.6 is 11.3 Å². The van der Waals surface area contributed by atoms with Crippen LogP contribution in [0.25, 0.3) is 0 Å². The molecule has 1 aliphatic heterocycles. The van der Waals surface area contributed by atoms with Crippen LogP contribution in [0.5, 0.6) is 5.75 Å². The number of rotatable bonds is 5. The van der Waals surface area contributed by atoms with Gasteiger partial charge >= 0.3 is 0 Å². The zero-order valence-electron chi connectivity index (χ0n) is 18.2. The number of thiazole rings is 1. The highest BCUT2D eigenvalue weighted by Crippen LogP contribution is 2.37. The molecule has 1 aromatic carbocycles. The SMILES string of the molecule is Cc1nc([C@@]2(O)CCCN(C(=O)c3cnn(C)c3C)CC2)sc1COc1ccccc1. The zero-order valence-corrected chi connectivity index (χ0v) is 19.0. The summed E-state index contributed by atoms with van der Waals surface area (Å²) in [7, 11) is 1.83. The topological polar surface area (TPSA) is 80.5 Å². The molecule has 0 unspecified atom stereocenters. The van der Waals surface area contributed by atoms with Gasteiger partial charge in [-0.25, -0.2) is 4.98 Å². The highest BCUT2D eigenvalue weighted by atomic mass is 32.1. The summed E-state index contributed by atoms with van der Waals surface area (Å²) in [6, 6.07) is 9.68. The van der Waals surface area contributed by atoms with Gasteiger partial charge in [-0.15, -0.1) is 11.3 Å². The molecule has 3 aromatic rings. The molecule has 164 valence electrons. The van der Waals surface area contributed by atoms with Crippen LogP contribution in [0.15, 0.2) is 36.5 Å². The van der Waals surface area contributed by atoms with Crippen molar-refractivity contribution in [3.8, 4) is 5.75 Å². The van der Waals surface area contributed by atoms with Gasteiger partial charge in [-0.3, -0.25) is 9.48 Å². The molecule has 2 aromatic heterocycles. The van der Waals surface area contributed by atoms with Crippen molar-refractivity contribution in [1.29, 1.82) is 0 Å². The first-order chi connectivity index (χ1) is 14.9. The summed E-state index contributed by atoms with van der Waals surface area (Å²) in [6.45, 7) is 5.37. The van der Waals surface area contributed by atoms with Crippen molar-refractivity contribution in [2.75, 3.05) is 13.1 Å². The Labute approximate surface area is 186 Å². The molecule has 3 heterocycles. The van der Waals surface area contributed by atoms with Gasteiger partial charge in [0.05, 0.1) is 22.3 Å². The van der Waals surface area contributed by atoms with Crippen LogP contribution < -0.4 is 4.74 Å². The van der Waals surface area contributed by atoms with E-state index in [1.54, 1.807) is 10.9 Å². The third-order valence-corrected chi connectivity index (χ3v) is 7.29. The molecule has 31 heavy (non-hydrogen) atoms. The van der Waals surface area contributed by atoms with Gasteiger partial charge in [0.2, 0.25) is 0 Å². The Morgan fingerprint density at radius 3 is 2.71 bits per heavy atom. The van der Waals surface area contributed by atoms with Crippen LogP contribution in [0.1, 0.15) is 50.9 Å². The summed E-state index contributed by atoms with van der Waals surface area (Å²) in [4.78, 5) is 20.5. The fourth-order valence-corrected chi connectivity index (χ4v) is 4.96. The second kappa shape index (κ2) is 8.80. The van der Waals surface area contributed by atoms with E-state index < -0.39 is 5.60 Å². The van der Waals surface area contributed by atoms with Gasteiger partial charge in [-0.05, 0) is 38.8 Å². The van der Waals surface area contributed by atoms with Gasteiger partial charge < -0.3 is 14.7 Å². The number of amides is 1. The highest BCUT2D eigenvalue weighted by molar-refractivity contribution is 7.11. The number of hydrogen-bond donors (Lipinski definition) is 1. The molecule has 1 fully saturated rings. The third-order valence-electron chi connectivity index (χ3n) is 5.97. The van der Waals surface area contributed by atoms with Crippen LogP contribution in [-0.4, -0.2) is 43.8 Å². The molecule has 0 aliphatic carbocycles. The Hall–Kier alpha value is -2.71. The van der Waals surface area contributed by atoms with Gasteiger partial charge in [0.15, 0.2) is 0 Å². The first-order valence-corrected chi connectivity index (χ1v) is 11.3. The Bertz CT molecular complexity index is 1060. The van der Waals surface area contributed by atoms with Gasteiger partial charge in [0.25, 0.3) is 5.91 Å². The van der Waals surface area contributed by atoms with Crippen molar-refractivity contribution in [1.82, 2.24) is 19.7 Å². The van der Waals surface area contributed by atoms with Crippen LogP contribution in [-0.2, 0) is 19.3 Å². The average molecular weight is 441 g/mol. The fourth-order valence-electron chi connectivity index (χ4n) is 3.84. The minimum atomic E-state index is -1.03. The molecule has 1 atom stereocenters. The van der Waals surface area contributed by atoms with E-state index in [1.807, 2.05) is 56.1 Å². The number of likely N-dealkylation sites (tertiary alicyclic amines) is 1. The lowest BCUT2D eigenvalue weighted by atomic mass is 9.96. The molecule has 1 aliphatic rings. The standard InChI is InChI=1S/C23H28N4O3S/c1-16-20(15-30-18-8-5-4-6-9-18)31-22(25-16)23(29)10-7-12-27(13-11-23)21(28)19-14-24-26(3)17(19)2/h4-6,8-9,14,29H,7,10-13,15H2,1-3H3/t23-/m1/s1. The number of aromatic nitrogens is 3. The number of aryl methyl sites for hydroxylation is 2. The van der Waals surface area contributed by atoms with Crippen molar-refractivity contribution < 1.29 is 14.6 Å². The maximum atomic E-state index is 13.0. The van der Waals surface area contributed by atoms with Crippen molar-refractivity contribution in [2.24, 2.45) is 7.05 Å². The highest BCUT2D eigenvalue weighted by Gasteiger charge is 2.37. The predicted octanol–water partition coefficient (Wildman–Crippen LogP) is 3.59. The lowest BCUT2D eigenvalue weighted by molar-refractivity contribution is 0.0209. The maximum absolute atomic E-state index is 13.0. The lowest BCUT2D eigenvalue weighted by Gasteiger charge is -2.24. The number of benzene rings is 1. The van der Waals surface area contributed by atoms with E-state index in [4.69, 9.17) is 4.74 Å². The molecule has 7 nitrogen and oxygen atoms in total. The monoisotopic (exact) mass is 440 g/mol. The van der Waals surface area contributed by atoms with E-state index in [-0.39, 0.29) is 5.91 Å². The van der Waals surface area contributed by atoms with Crippen molar-refractivity contribution in [2.45, 2.75) is 45.3 Å². The van der Waals surface area contributed by atoms with E-state index in [2.05, 4.69) is 10.1 Å². The summed E-state index contributed by atoms with van der Waals surface area (Å²) < 4.78 is 7.58. The molecule has 1 saturated heterocycles. The van der Waals surface area contributed by atoms with Crippen LogP contribution in [0, 0.1) is 13.8 Å². The van der Waals surface area contributed by atoms with Gasteiger partial charge in [0.1, 0.15) is 23.0 Å². The molecule has 1 N–H and O–H groups in total. The largest absolute Gasteiger partial charge is 0.488 e. The summed E-state index contributed by atoms with van der Waals surface area (Å²) in [5.74, 6) is 0.784. The minimum Gasteiger partial charge on any atom is -0.488 e. The van der Waals surface area contributed by atoms with E-state index in [0.29, 0.717) is 43.1 Å². The van der Waals surface area contributed by atoms with Crippen molar-refractivity contribution in [3.63, 3.8) is 0 Å². The molecule has 1 amide bonds. The van der Waals surface area contributed by atoms with E-state index in [0.717, 1.165) is 28.4 Å². The number of nitrogens with zero attached hydrogens (tertiary/aromatic N) is 4. The summed E-state index contributed by atoms with van der Waals surface area (Å²) in [5, 5.41) is 16.3. The minimum absolute atomic E-state index is 0.0258. The summed E-state index contributed by atoms with van der Waals surface area (Å²) in [6.07, 6.45) is 3.38. The van der Waals surface area contributed by atoms with Crippen LogP contribution in [0.4, 0.5) is 0 Å². The third kappa shape index (κ3) is 4.50. The smallest absolute Gasteiger partial charge is 0.257 e. The average Bonchev–Trinajstić information content (AvgIpc) is 3.23. The molecular weight excluding hydrogens is 412 g/mol. The number of carbonyl (C=O) groups is 1. The Balaban J connectivity index is 1.45. The summed E-state index contributed by atoms with van der Waals surface area (Å²) in [5.41, 5.74) is 1.33. The van der Waals surface area contributed by atoms with Crippen LogP contribution in [0.2, 0.25) is 0 Å². The van der Waals surface area contributed by atoms with Crippen LogP contribution in [0.3, 0.4) is 0 Å². The predicted molar refractivity (Wildman–Crippen MR) is 119 cm³/mol. The first-order valence-electron chi connectivity index (χ1n) is 10.5. The fraction of sp³-hybridized carbons (Fsp3) is 0.435. The molecule has 0 radical (unpaired) electrons. The Morgan fingerprint density at radius 2 is 2.00 bits per heavy atom. The zero-order chi connectivity index (χ0) is 22.0. The second-order valence-corrected chi connectivity index (χ2v) is 9.16. The quantitative estimate of drug-likeness (QED) is 0.656. The molecule has 0 spiro atoms.